The number of aromatic nitrogens is 2. The second kappa shape index (κ2) is 9.29. The zero-order chi connectivity index (χ0) is 23.7. The highest BCUT2D eigenvalue weighted by molar-refractivity contribution is 6.07. The number of amidine groups is 1. The number of hydrogen-bond donors (Lipinski definition) is 1. The van der Waals surface area contributed by atoms with Gasteiger partial charge in [0.25, 0.3) is 5.91 Å². The van der Waals surface area contributed by atoms with E-state index in [9.17, 15) is 9.18 Å². The number of aliphatic imine (C=N–C) groups is 1. The summed E-state index contributed by atoms with van der Waals surface area (Å²) in [4.78, 5) is 30.0. The lowest BCUT2D eigenvalue weighted by molar-refractivity contribution is -0.131. The van der Waals surface area contributed by atoms with Gasteiger partial charge in [-0.15, -0.1) is 0 Å². The molecular formula is C27H32FN5O. The van der Waals surface area contributed by atoms with Crippen LogP contribution >= 0.6 is 0 Å². The van der Waals surface area contributed by atoms with Crippen LogP contribution in [0.15, 0.2) is 53.8 Å². The van der Waals surface area contributed by atoms with Crippen LogP contribution in [-0.4, -0.2) is 57.7 Å². The summed E-state index contributed by atoms with van der Waals surface area (Å²) in [6.45, 7) is 7.64. The number of nitrogens with zero attached hydrogens (tertiary/aromatic N) is 4. The molecule has 34 heavy (non-hydrogen) atoms. The van der Waals surface area contributed by atoms with E-state index in [1.54, 1.807) is 18.5 Å². The highest BCUT2D eigenvalue weighted by atomic mass is 19.1. The van der Waals surface area contributed by atoms with Gasteiger partial charge in [-0.2, -0.15) is 0 Å². The molecule has 1 aromatic heterocycles. The third-order valence-corrected chi connectivity index (χ3v) is 7.54. The molecule has 2 aliphatic rings. The molecule has 1 atom stereocenters. The maximum Gasteiger partial charge on any atom is 0.260 e. The number of amides is 1. The lowest BCUT2D eigenvalue weighted by atomic mass is 9.87. The van der Waals surface area contributed by atoms with Gasteiger partial charge in [0.1, 0.15) is 11.7 Å². The maximum atomic E-state index is 13.4. The molecule has 0 radical (unpaired) electrons. The predicted molar refractivity (Wildman–Crippen MR) is 132 cm³/mol. The molecule has 2 aliphatic heterocycles. The first-order valence-corrected chi connectivity index (χ1v) is 12.3. The molecule has 0 aliphatic carbocycles. The number of piperidine rings is 1. The first kappa shape index (κ1) is 22.7. The Bertz CT molecular complexity index is 1200. The summed E-state index contributed by atoms with van der Waals surface area (Å²) in [7, 11) is 0. The fourth-order valence-corrected chi connectivity index (χ4v) is 5.52. The molecule has 7 heteroatoms. The van der Waals surface area contributed by atoms with E-state index in [1.165, 1.54) is 17.7 Å². The zero-order valence-corrected chi connectivity index (χ0v) is 19.9. The number of imidazole rings is 1. The van der Waals surface area contributed by atoms with E-state index < -0.39 is 5.54 Å². The molecule has 1 fully saturated rings. The van der Waals surface area contributed by atoms with E-state index in [0.717, 1.165) is 61.3 Å². The summed E-state index contributed by atoms with van der Waals surface area (Å²) in [5.74, 6) is 1.04. The van der Waals surface area contributed by atoms with Crippen LogP contribution in [0.3, 0.4) is 0 Å². The molecular weight excluding hydrogens is 429 g/mol. The Morgan fingerprint density at radius 3 is 2.62 bits per heavy atom. The van der Waals surface area contributed by atoms with Crippen molar-refractivity contribution in [1.29, 1.82) is 0 Å². The average Bonchev–Trinajstić information content (AvgIpc) is 3.42. The smallest absolute Gasteiger partial charge is 0.260 e. The van der Waals surface area contributed by atoms with Gasteiger partial charge in [0.05, 0.1) is 17.4 Å². The third kappa shape index (κ3) is 4.13. The lowest BCUT2D eigenvalue weighted by Gasteiger charge is -2.32. The SMILES string of the molecule is CCC1(c2ccc(F)cc2)N=C(C)N(CCCN2CCC(c3ccc4nc[nH]c4c3)CC2)C1=O. The van der Waals surface area contributed by atoms with Crippen LogP contribution in [0.25, 0.3) is 11.0 Å². The van der Waals surface area contributed by atoms with Crippen LogP contribution in [0.2, 0.25) is 0 Å². The number of benzene rings is 2. The molecule has 1 N–H and O–H groups in total. The van der Waals surface area contributed by atoms with Crippen molar-refractivity contribution >= 4 is 22.8 Å². The number of nitrogens with one attached hydrogen (secondary N) is 1. The number of aromatic amines is 1. The minimum absolute atomic E-state index is 0.00650. The summed E-state index contributed by atoms with van der Waals surface area (Å²) < 4.78 is 13.4. The molecule has 0 saturated carbocycles. The minimum atomic E-state index is -0.925. The first-order chi connectivity index (χ1) is 16.5. The van der Waals surface area contributed by atoms with Gasteiger partial charge < -0.3 is 9.88 Å². The fourth-order valence-electron chi connectivity index (χ4n) is 5.52. The molecule has 0 bridgehead atoms. The van der Waals surface area contributed by atoms with Crippen molar-refractivity contribution in [2.24, 2.45) is 4.99 Å². The van der Waals surface area contributed by atoms with Crippen LogP contribution in [0.4, 0.5) is 4.39 Å². The number of carbonyl (C=O) groups excluding carboxylic acids is 1. The van der Waals surface area contributed by atoms with Gasteiger partial charge in [-0.25, -0.2) is 9.37 Å². The Morgan fingerprint density at radius 2 is 1.88 bits per heavy atom. The summed E-state index contributed by atoms with van der Waals surface area (Å²) >= 11 is 0. The van der Waals surface area contributed by atoms with E-state index in [2.05, 4.69) is 33.1 Å². The number of rotatable bonds is 7. The Kier molecular flexibility index (Phi) is 6.21. The molecule has 1 unspecified atom stereocenters. The minimum Gasteiger partial charge on any atom is -0.345 e. The van der Waals surface area contributed by atoms with Crippen molar-refractivity contribution in [1.82, 2.24) is 19.8 Å². The van der Waals surface area contributed by atoms with Crippen molar-refractivity contribution in [2.75, 3.05) is 26.2 Å². The van der Waals surface area contributed by atoms with Gasteiger partial charge in [0, 0.05) is 6.54 Å². The average molecular weight is 462 g/mol. The van der Waals surface area contributed by atoms with Crippen molar-refractivity contribution in [2.45, 2.75) is 51.0 Å². The summed E-state index contributed by atoms with van der Waals surface area (Å²) in [6, 6.07) is 12.7. The maximum absolute atomic E-state index is 13.4. The monoisotopic (exact) mass is 461 g/mol. The van der Waals surface area contributed by atoms with Crippen LogP contribution in [-0.2, 0) is 10.3 Å². The summed E-state index contributed by atoms with van der Waals surface area (Å²) in [5, 5.41) is 0. The predicted octanol–water partition coefficient (Wildman–Crippen LogP) is 4.84. The topological polar surface area (TPSA) is 64.6 Å². The van der Waals surface area contributed by atoms with Crippen LogP contribution < -0.4 is 0 Å². The summed E-state index contributed by atoms with van der Waals surface area (Å²) in [6.07, 6.45) is 5.51. The van der Waals surface area contributed by atoms with Gasteiger partial charge in [-0.1, -0.05) is 25.1 Å². The van der Waals surface area contributed by atoms with Crippen molar-refractivity contribution in [3.63, 3.8) is 0 Å². The Morgan fingerprint density at radius 1 is 1.12 bits per heavy atom. The number of H-pyrrole nitrogens is 1. The lowest BCUT2D eigenvalue weighted by Crippen LogP contribution is -2.42. The fraction of sp³-hybridized carbons (Fsp3) is 0.444. The third-order valence-electron chi connectivity index (χ3n) is 7.54. The van der Waals surface area contributed by atoms with Gasteiger partial charge in [-0.05, 0) is 93.6 Å². The number of halogens is 1. The molecule has 6 nitrogen and oxygen atoms in total. The Balaban J connectivity index is 1.14. The molecule has 0 spiro atoms. The van der Waals surface area contributed by atoms with E-state index >= 15 is 0 Å². The normalized spacial score (nSPS) is 22.0. The van der Waals surface area contributed by atoms with Crippen molar-refractivity contribution < 1.29 is 9.18 Å². The number of carbonyl (C=O) groups is 1. The van der Waals surface area contributed by atoms with E-state index in [1.807, 2.05) is 18.7 Å². The second-order valence-electron chi connectivity index (χ2n) is 9.49. The van der Waals surface area contributed by atoms with E-state index in [4.69, 9.17) is 4.99 Å². The first-order valence-electron chi connectivity index (χ1n) is 12.3. The molecule has 5 rings (SSSR count). The van der Waals surface area contributed by atoms with E-state index in [0.29, 0.717) is 18.9 Å². The van der Waals surface area contributed by atoms with Crippen LogP contribution in [0.5, 0.6) is 0 Å². The van der Waals surface area contributed by atoms with Crippen molar-refractivity contribution in [3.05, 3.63) is 65.7 Å². The molecule has 2 aromatic carbocycles. The highest BCUT2D eigenvalue weighted by Gasteiger charge is 2.46. The van der Waals surface area contributed by atoms with E-state index in [-0.39, 0.29) is 11.7 Å². The highest BCUT2D eigenvalue weighted by Crippen LogP contribution is 2.37. The van der Waals surface area contributed by atoms with Crippen molar-refractivity contribution in [3.8, 4) is 0 Å². The second-order valence-corrected chi connectivity index (χ2v) is 9.49. The van der Waals surface area contributed by atoms with Crippen LogP contribution in [0, 0.1) is 5.82 Å². The Labute approximate surface area is 199 Å². The van der Waals surface area contributed by atoms with Crippen LogP contribution in [0.1, 0.15) is 56.6 Å². The molecule has 3 heterocycles. The largest absolute Gasteiger partial charge is 0.345 e. The van der Waals surface area contributed by atoms with Gasteiger partial charge in [0.2, 0.25) is 0 Å². The van der Waals surface area contributed by atoms with Gasteiger partial charge in [-0.3, -0.25) is 14.7 Å². The standard InChI is InChI=1S/C27H32FN5O/c1-3-27(22-6-8-23(28)9-7-22)26(34)33(19(2)31-27)14-4-13-32-15-11-20(12-16-32)21-5-10-24-25(17-21)30-18-29-24/h5-10,17-18,20H,3-4,11-16H2,1-2H3,(H,29,30). The quantitative estimate of drug-likeness (QED) is 0.548. The molecule has 1 saturated heterocycles. The number of likely N-dealkylation sites (tertiary alicyclic amines) is 1. The number of fused-ring (bicyclic) bond motifs is 1. The summed E-state index contributed by atoms with van der Waals surface area (Å²) in [5.41, 5.74) is 3.35. The molecule has 1 amide bonds. The molecule has 178 valence electrons. The van der Waals surface area contributed by atoms with Gasteiger partial charge in [0.15, 0.2) is 5.54 Å². The van der Waals surface area contributed by atoms with Gasteiger partial charge >= 0.3 is 0 Å². The molecule has 3 aromatic rings. The zero-order valence-electron chi connectivity index (χ0n) is 19.9. The Hall–Kier alpha value is -3.06. The number of hydrogen-bond acceptors (Lipinski definition) is 4.